The number of halogens is 1. The zero-order valence-corrected chi connectivity index (χ0v) is 12.1. The van der Waals surface area contributed by atoms with Gasteiger partial charge in [-0.3, -0.25) is 4.98 Å². The molecule has 1 heterocycles. The molecule has 2 aromatic rings. The highest BCUT2D eigenvalue weighted by Gasteiger charge is 2.10. The molecule has 2 nitrogen and oxygen atoms in total. The Morgan fingerprint density at radius 3 is 2.47 bits per heavy atom. The summed E-state index contributed by atoms with van der Waals surface area (Å²) in [6.45, 7) is 4.19. The topological polar surface area (TPSA) is 24.9 Å². The Bertz CT molecular complexity index is 505. The summed E-state index contributed by atoms with van der Waals surface area (Å²) in [7, 11) is 0. The van der Waals surface area contributed by atoms with Gasteiger partial charge in [-0.2, -0.15) is 0 Å². The van der Waals surface area contributed by atoms with Crippen LogP contribution in [0, 0.1) is 6.92 Å². The molecule has 2 rings (SSSR count). The summed E-state index contributed by atoms with van der Waals surface area (Å²) in [4.78, 5) is 4.32. The second-order valence-electron chi connectivity index (χ2n) is 4.73. The third kappa shape index (κ3) is 3.97. The van der Waals surface area contributed by atoms with Crippen LogP contribution in [-0.2, 0) is 0 Å². The van der Waals surface area contributed by atoms with E-state index in [0.717, 1.165) is 29.2 Å². The van der Waals surface area contributed by atoms with Crippen LogP contribution in [0.5, 0.6) is 0 Å². The van der Waals surface area contributed by atoms with E-state index in [1.54, 1.807) is 0 Å². The summed E-state index contributed by atoms with van der Waals surface area (Å²) in [6.07, 6.45) is 4.09. The fourth-order valence-corrected chi connectivity index (χ4v) is 2.19. The second-order valence-corrected chi connectivity index (χ2v) is 5.16. The molecule has 100 valence electrons. The zero-order valence-electron chi connectivity index (χ0n) is 11.4. The largest absolute Gasteiger partial charge is 0.377 e. The van der Waals surface area contributed by atoms with Gasteiger partial charge in [-0.1, -0.05) is 37.1 Å². The van der Waals surface area contributed by atoms with E-state index in [1.165, 1.54) is 5.56 Å². The van der Waals surface area contributed by atoms with E-state index in [-0.39, 0.29) is 0 Å². The normalized spacial score (nSPS) is 12.2. The Kier molecular flexibility index (Phi) is 4.80. The quantitative estimate of drug-likeness (QED) is 0.830. The number of hydrogen-bond donors (Lipinski definition) is 1. The molecule has 0 spiro atoms. The Morgan fingerprint density at radius 1 is 1.16 bits per heavy atom. The van der Waals surface area contributed by atoms with E-state index < -0.39 is 0 Å². The van der Waals surface area contributed by atoms with Crippen LogP contribution in [0.3, 0.4) is 0 Å². The summed E-state index contributed by atoms with van der Waals surface area (Å²) in [5.41, 5.74) is 3.34. The lowest BCUT2D eigenvalue weighted by atomic mass is 10.0. The van der Waals surface area contributed by atoms with Crippen molar-refractivity contribution < 1.29 is 0 Å². The van der Waals surface area contributed by atoms with Crippen molar-refractivity contribution in [3.8, 4) is 0 Å². The highest BCUT2D eigenvalue weighted by molar-refractivity contribution is 6.30. The molecule has 19 heavy (non-hydrogen) atoms. The third-order valence-corrected chi connectivity index (χ3v) is 3.35. The molecule has 1 aromatic carbocycles. The molecule has 0 saturated heterocycles. The van der Waals surface area contributed by atoms with Crippen LogP contribution in [0.15, 0.2) is 42.6 Å². The standard InChI is InChI=1S/C16H19ClN2/c1-3-4-16(13-6-8-14(17)9-7-13)19-15-10-5-12(2)18-11-15/h5-11,16,19H,3-4H2,1-2H3. The van der Waals surface area contributed by atoms with Gasteiger partial charge < -0.3 is 5.32 Å². The number of hydrogen-bond acceptors (Lipinski definition) is 2. The molecule has 0 saturated carbocycles. The number of nitrogens with zero attached hydrogens (tertiary/aromatic N) is 1. The number of aryl methyl sites for hydroxylation is 1. The van der Waals surface area contributed by atoms with Gasteiger partial charge in [0.2, 0.25) is 0 Å². The molecule has 1 aromatic heterocycles. The van der Waals surface area contributed by atoms with Crippen molar-refractivity contribution in [1.82, 2.24) is 4.98 Å². The molecule has 3 heteroatoms. The summed E-state index contributed by atoms with van der Waals surface area (Å²) in [5, 5.41) is 4.31. The molecule has 0 aliphatic heterocycles. The van der Waals surface area contributed by atoms with E-state index in [2.05, 4.69) is 35.4 Å². The van der Waals surface area contributed by atoms with Crippen molar-refractivity contribution in [3.05, 3.63) is 58.9 Å². The van der Waals surface area contributed by atoms with Crippen molar-refractivity contribution in [2.75, 3.05) is 5.32 Å². The maximum Gasteiger partial charge on any atom is 0.0531 e. The van der Waals surface area contributed by atoms with Crippen LogP contribution >= 0.6 is 11.6 Å². The predicted octanol–water partition coefficient (Wildman–Crippen LogP) is 5.00. The Hall–Kier alpha value is -1.54. The zero-order chi connectivity index (χ0) is 13.7. The number of benzene rings is 1. The van der Waals surface area contributed by atoms with E-state index in [1.807, 2.05) is 31.3 Å². The van der Waals surface area contributed by atoms with Gasteiger partial charge in [0.25, 0.3) is 0 Å². The Balaban J connectivity index is 2.15. The lowest BCUT2D eigenvalue weighted by Crippen LogP contribution is -2.10. The van der Waals surface area contributed by atoms with Gasteiger partial charge in [-0.05, 0) is 43.2 Å². The average Bonchev–Trinajstić information content (AvgIpc) is 2.42. The van der Waals surface area contributed by atoms with E-state index >= 15 is 0 Å². The number of aromatic nitrogens is 1. The maximum atomic E-state index is 5.94. The fourth-order valence-electron chi connectivity index (χ4n) is 2.06. The van der Waals surface area contributed by atoms with Crippen molar-refractivity contribution in [3.63, 3.8) is 0 Å². The van der Waals surface area contributed by atoms with Crippen LogP contribution < -0.4 is 5.32 Å². The van der Waals surface area contributed by atoms with Crippen molar-refractivity contribution in [2.45, 2.75) is 32.7 Å². The molecule has 0 radical (unpaired) electrons. The van der Waals surface area contributed by atoms with Gasteiger partial charge in [0.15, 0.2) is 0 Å². The van der Waals surface area contributed by atoms with Gasteiger partial charge in [-0.15, -0.1) is 0 Å². The summed E-state index contributed by atoms with van der Waals surface area (Å²) < 4.78 is 0. The molecule has 1 atom stereocenters. The summed E-state index contributed by atoms with van der Waals surface area (Å²) in [6, 6.07) is 12.4. The molecular formula is C16H19ClN2. The summed E-state index contributed by atoms with van der Waals surface area (Å²) in [5.74, 6) is 0. The Labute approximate surface area is 119 Å². The molecule has 0 aliphatic carbocycles. The minimum atomic E-state index is 0.298. The lowest BCUT2D eigenvalue weighted by Gasteiger charge is -2.20. The SMILES string of the molecule is CCCC(Nc1ccc(C)nc1)c1ccc(Cl)cc1. The number of rotatable bonds is 5. The highest BCUT2D eigenvalue weighted by Crippen LogP contribution is 2.24. The van der Waals surface area contributed by atoms with Gasteiger partial charge in [0, 0.05) is 10.7 Å². The van der Waals surface area contributed by atoms with Crippen LogP contribution in [-0.4, -0.2) is 4.98 Å². The van der Waals surface area contributed by atoms with Crippen molar-refractivity contribution in [1.29, 1.82) is 0 Å². The smallest absolute Gasteiger partial charge is 0.0531 e. The first-order valence-corrected chi connectivity index (χ1v) is 7.01. The van der Waals surface area contributed by atoms with Gasteiger partial charge in [0.05, 0.1) is 17.9 Å². The Morgan fingerprint density at radius 2 is 1.89 bits per heavy atom. The molecule has 0 bridgehead atoms. The van der Waals surface area contributed by atoms with Crippen LogP contribution in [0.1, 0.15) is 37.1 Å². The monoisotopic (exact) mass is 274 g/mol. The van der Waals surface area contributed by atoms with Gasteiger partial charge in [0.1, 0.15) is 0 Å². The van der Waals surface area contributed by atoms with Gasteiger partial charge in [-0.25, -0.2) is 0 Å². The minimum Gasteiger partial charge on any atom is -0.377 e. The predicted molar refractivity (Wildman–Crippen MR) is 81.7 cm³/mol. The molecule has 1 N–H and O–H groups in total. The van der Waals surface area contributed by atoms with Crippen LogP contribution in [0.2, 0.25) is 5.02 Å². The van der Waals surface area contributed by atoms with Crippen molar-refractivity contribution >= 4 is 17.3 Å². The van der Waals surface area contributed by atoms with E-state index in [4.69, 9.17) is 11.6 Å². The number of anilines is 1. The first-order valence-electron chi connectivity index (χ1n) is 6.63. The van der Waals surface area contributed by atoms with E-state index in [9.17, 15) is 0 Å². The van der Waals surface area contributed by atoms with Gasteiger partial charge >= 0.3 is 0 Å². The minimum absolute atomic E-state index is 0.298. The fraction of sp³-hybridized carbons (Fsp3) is 0.312. The summed E-state index contributed by atoms with van der Waals surface area (Å²) >= 11 is 5.94. The number of pyridine rings is 1. The first kappa shape index (κ1) is 13.9. The highest BCUT2D eigenvalue weighted by atomic mass is 35.5. The van der Waals surface area contributed by atoms with Crippen molar-refractivity contribution in [2.24, 2.45) is 0 Å². The third-order valence-electron chi connectivity index (χ3n) is 3.10. The maximum absolute atomic E-state index is 5.94. The van der Waals surface area contributed by atoms with E-state index in [0.29, 0.717) is 6.04 Å². The average molecular weight is 275 g/mol. The molecular weight excluding hydrogens is 256 g/mol. The lowest BCUT2D eigenvalue weighted by molar-refractivity contribution is 0.677. The molecule has 1 unspecified atom stereocenters. The van der Waals surface area contributed by atoms with Crippen LogP contribution in [0.25, 0.3) is 0 Å². The molecule has 0 amide bonds. The molecule has 0 aliphatic rings. The second kappa shape index (κ2) is 6.58. The van der Waals surface area contributed by atoms with Crippen LogP contribution in [0.4, 0.5) is 5.69 Å². The first-order chi connectivity index (χ1) is 9.19. The number of nitrogens with one attached hydrogen (secondary N) is 1. The molecule has 0 fully saturated rings.